The monoisotopic (exact) mass is 285 g/mol. The second-order valence-electron chi connectivity index (χ2n) is 3.70. The fourth-order valence-corrected chi connectivity index (χ4v) is 2.27. The Hall–Kier alpha value is -0.760. The van der Waals surface area contributed by atoms with Crippen molar-refractivity contribution in [3.8, 4) is 0 Å². The molecule has 1 heterocycles. The van der Waals surface area contributed by atoms with Crippen molar-refractivity contribution in [2.24, 2.45) is 0 Å². The summed E-state index contributed by atoms with van der Waals surface area (Å²) in [6.07, 6.45) is 2.30. The lowest BCUT2D eigenvalue weighted by molar-refractivity contribution is 1.14. The van der Waals surface area contributed by atoms with E-state index in [0.29, 0.717) is 6.42 Å². The topological polar surface area (TPSA) is 12.9 Å². The second-order valence-corrected chi connectivity index (χ2v) is 5.09. The maximum atomic E-state index is 6.37. The van der Waals surface area contributed by atoms with E-state index in [2.05, 4.69) is 4.98 Å². The molecule has 0 aliphatic heterocycles. The van der Waals surface area contributed by atoms with E-state index in [0.717, 1.165) is 27.2 Å². The van der Waals surface area contributed by atoms with Gasteiger partial charge in [0.15, 0.2) is 0 Å². The number of rotatable bonds is 2. The summed E-state index contributed by atoms with van der Waals surface area (Å²) in [5.41, 5.74) is 2.77. The van der Waals surface area contributed by atoms with Crippen LogP contribution in [0.15, 0.2) is 34.8 Å². The van der Waals surface area contributed by atoms with Crippen LogP contribution in [0.4, 0.5) is 0 Å². The lowest BCUT2D eigenvalue weighted by atomic mass is 10.1. The van der Waals surface area contributed by atoms with Crippen molar-refractivity contribution in [1.29, 1.82) is 0 Å². The molecular formula is C13H10Cl3N. The minimum atomic E-state index is 0.244. The minimum Gasteiger partial charge on any atom is -0.253 e. The first-order valence-corrected chi connectivity index (χ1v) is 6.28. The van der Waals surface area contributed by atoms with Gasteiger partial charge in [-0.25, -0.2) is 0 Å². The average Bonchev–Trinajstić information content (AvgIpc) is 2.28. The summed E-state index contributed by atoms with van der Waals surface area (Å²) >= 11 is 17.6. The van der Waals surface area contributed by atoms with Crippen molar-refractivity contribution >= 4 is 45.7 Å². The SMILES string of the molecule is Cc1nc2ccccc2c(Cl)c1CC=C(Cl)Cl. The maximum Gasteiger partial charge on any atom is 0.103 e. The molecular weight excluding hydrogens is 277 g/mol. The summed E-state index contributed by atoms with van der Waals surface area (Å²) < 4.78 is 0.244. The van der Waals surface area contributed by atoms with E-state index in [4.69, 9.17) is 34.8 Å². The molecule has 0 N–H and O–H groups in total. The number of halogens is 3. The van der Waals surface area contributed by atoms with E-state index in [1.54, 1.807) is 6.08 Å². The Bertz CT molecular complexity index is 586. The Kier molecular flexibility index (Phi) is 3.93. The first-order chi connectivity index (χ1) is 8.09. The third-order valence-corrected chi connectivity index (χ3v) is 3.33. The first kappa shape index (κ1) is 12.7. The maximum absolute atomic E-state index is 6.37. The molecule has 17 heavy (non-hydrogen) atoms. The molecule has 0 spiro atoms. The Morgan fingerprint density at radius 3 is 2.71 bits per heavy atom. The zero-order chi connectivity index (χ0) is 12.4. The summed E-state index contributed by atoms with van der Waals surface area (Å²) in [6.45, 7) is 1.93. The molecule has 2 rings (SSSR count). The van der Waals surface area contributed by atoms with E-state index in [1.165, 1.54) is 0 Å². The number of fused-ring (bicyclic) bond motifs is 1. The summed E-state index contributed by atoms with van der Waals surface area (Å²) in [4.78, 5) is 4.51. The molecule has 0 aliphatic carbocycles. The van der Waals surface area contributed by atoms with E-state index in [9.17, 15) is 0 Å². The van der Waals surface area contributed by atoms with E-state index < -0.39 is 0 Å². The third-order valence-electron chi connectivity index (χ3n) is 2.59. The van der Waals surface area contributed by atoms with Crippen LogP contribution in [0.2, 0.25) is 5.02 Å². The highest BCUT2D eigenvalue weighted by molar-refractivity contribution is 6.55. The first-order valence-electron chi connectivity index (χ1n) is 5.14. The number of hydrogen-bond acceptors (Lipinski definition) is 1. The van der Waals surface area contributed by atoms with Crippen molar-refractivity contribution in [2.45, 2.75) is 13.3 Å². The highest BCUT2D eigenvalue weighted by Crippen LogP contribution is 2.29. The summed E-state index contributed by atoms with van der Waals surface area (Å²) in [5.74, 6) is 0. The van der Waals surface area contributed by atoms with Crippen LogP contribution in [-0.4, -0.2) is 4.98 Å². The van der Waals surface area contributed by atoms with Crippen LogP contribution in [0.5, 0.6) is 0 Å². The van der Waals surface area contributed by atoms with Gasteiger partial charge in [-0.2, -0.15) is 0 Å². The molecule has 4 heteroatoms. The van der Waals surface area contributed by atoms with Gasteiger partial charge in [0.2, 0.25) is 0 Å². The standard InChI is InChI=1S/C13H10Cl3N/c1-8-9(6-7-12(14)15)13(16)10-4-2-3-5-11(10)17-8/h2-5,7H,6H2,1H3. The smallest absolute Gasteiger partial charge is 0.103 e. The number of hydrogen-bond donors (Lipinski definition) is 0. The quantitative estimate of drug-likeness (QED) is 0.752. The van der Waals surface area contributed by atoms with Crippen molar-refractivity contribution in [3.63, 3.8) is 0 Å². The van der Waals surface area contributed by atoms with Gasteiger partial charge in [0, 0.05) is 11.1 Å². The Morgan fingerprint density at radius 1 is 1.29 bits per heavy atom. The van der Waals surface area contributed by atoms with E-state index in [-0.39, 0.29) is 4.49 Å². The molecule has 0 radical (unpaired) electrons. The molecule has 0 saturated carbocycles. The highest BCUT2D eigenvalue weighted by atomic mass is 35.5. The molecule has 1 aromatic heterocycles. The van der Waals surface area contributed by atoms with Gasteiger partial charge in [0.25, 0.3) is 0 Å². The van der Waals surface area contributed by atoms with Crippen LogP contribution in [0.3, 0.4) is 0 Å². The Balaban J connectivity index is 2.59. The molecule has 2 aromatic rings. The van der Waals surface area contributed by atoms with Gasteiger partial charge in [0.1, 0.15) is 4.49 Å². The number of nitrogens with zero attached hydrogens (tertiary/aromatic N) is 1. The number of pyridine rings is 1. The molecule has 0 atom stereocenters. The predicted octanol–water partition coefficient (Wildman–Crippen LogP) is 5.06. The molecule has 1 nitrogen and oxygen atoms in total. The number of aromatic nitrogens is 1. The number of benzene rings is 1. The van der Waals surface area contributed by atoms with Crippen LogP contribution >= 0.6 is 34.8 Å². The molecule has 0 saturated heterocycles. The van der Waals surface area contributed by atoms with Gasteiger partial charge in [-0.1, -0.05) is 53.0 Å². The molecule has 0 unspecified atom stereocenters. The summed E-state index contributed by atoms with van der Waals surface area (Å²) in [7, 11) is 0. The van der Waals surface area contributed by atoms with Crippen molar-refractivity contribution in [1.82, 2.24) is 4.98 Å². The lowest BCUT2D eigenvalue weighted by Gasteiger charge is -2.09. The molecule has 0 aliphatic rings. The van der Waals surface area contributed by atoms with E-state index in [1.807, 2.05) is 31.2 Å². The Labute approximate surface area is 115 Å². The van der Waals surface area contributed by atoms with Crippen molar-refractivity contribution in [2.75, 3.05) is 0 Å². The zero-order valence-corrected chi connectivity index (χ0v) is 11.4. The normalized spacial score (nSPS) is 10.6. The molecule has 0 fully saturated rings. The number of para-hydroxylation sites is 1. The number of allylic oxidation sites excluding steroid dienone is 1. The largest absolute Gasteiger partial charge is 0.253 e. The molecule has 88 valence electrons. The van der Waals surface area contributed by atoms with Gasteiger partial charge >= 0.3 is 0 Å². The lowest BCUT2D eigenvalue weighted by Crippen LogP contribution is -1.95. The van der Waals surface area contributed by atoms with Crippen molar-refractivity contribution in [3.05, 3.63) is 51.1 Å². The predicted molar refractivity (Wildman–Crippen MR) is 75.0 cm³/mol. The summed E-state index contributed by atoms with van der Waals surface area (Å²) in [5, 5.41) is 1.67. The van der Waals surface area contributed by atoms with Crippen LogP contribution in [-0.2, 0) is 6.42 Å². The fraction of sp³-hybridized carbons (Fsp3) is 0.154. The second kappa shape index (κ2) is 5.26. The van der Waals surface area contributed by atoms with Crippen LogP contribution < -0.4 is 0 Å². The van der Waals surface area contributed by atoms with Gasteiger partial charge in [0.05, 0.1) is 10.5 Å². The molecule has 0 amide bonds. The number of aryl methyl sites for hydroxylation is 1. The third kappa shape index (κ3) is 2.74. The fourth-order valence-electron chi connectivity index (χ4n) is 1.74. The minimum absolute atomic E-state index is 0.244. The van der Waals surface area contributed by atoms with E-state index >= 15 is 0 Å². The van der Waals surface area contributed by atoms with Crippen LogP contribution in [0.1, 0.15) is 11.3 Å². The van der Waals surface area contributed by atoms with Gasteiger partial charge in [-0.15, -0.1) is 0 Å². The van der Waals surface area contributed by atoms with Crippen molar-refractivity contribution < 1.29 is 0 Å². The van der Waals surface area contributed by atoms with Crippen LogP contribution in [0, 0.1) is 6.92 Å². The van der Waals surface area contributed by atoms with Gasteiger partial charge in [-0.3, -0.25) is 4.98 Å². The van der Waals surface area contributed by atoms with Crippen LogP contribution in [0.25, 0.3) is 10.9 Å². The molecule has 1 aromatic carbocycles. The van der Waals surface area contributed by atoms with Gasteiger partial charge < -0.3 is 0 Å². The highest BCUT2D eigenvalue weighted by Gasteiger charge is 2.09. The van der Waals surface area contributed by atoms with Gasteiger partial charge in [-0.05, 0) is 31.1 Å². The molecule has 0 bridgehead atoms. The average molecular weight is 287 g/mol. The summed E-state index contributed by atoms with van der Waals surface area (Å²) in [6, 6.07) is 7.79. The zero-order valence-electron chi connectivity index (χ0n) is 9.17. The Morgan fingerprint density at radius 2 is 2.00 bits per heavy atom.